The lowest BCUT2D eigenvalue weighted by Gasteiger charge is -2.44. The predicted molar refractivity (Wildman–Crippen MR) is 223 cm³/mol. The zero-order valence-corrected chi connectivity index (χ0v) is 31.4. The van der Waals surface area contributed by atoms with Crippen LogP contribution in [0.2, 0.25) is 0 Å². The lowest BCUT2D eigenvalue weighted by Crippen LogP contribution is -2.49. The topological polar surface area (TPSA) is 59.0 Å². The molecule has 0 radical (unpaired) electrons. The molecule has 5 heteroatoms. The van der Waals surface area contributed by atoms with E-state index in [-0.39, 0.29) is 16.9 Å². The van der Waals surface area contributed by atoms with Gasteiger partial charge in [-0.05, 0) is 114 Å². The van der Waals surface area contributed by atoms with Crippen molar-refractivity contribution >= 4 is 51.0 Å². The molecule has 6 aromatic carbocycles. The van der Waals surface area contributed by atoms with Crippen molar-refractivity contribution < 1.29 is 0 Å². The van der Waals surface area contributed by atoms with Crippen LogP contribution in [0.15, 0.2) is 140 Å². The third-order valence-corrected chi connectivity index (χ3v) is 12.3. The summed E-state index contributed by atoms with van der Waals surface area (Å²) in [6.07, 6.45) is 3.36. The molecule has 3 aliphatic rings. The van der Waals surface area contributed by atoms with Crippen LogP contribution in [0.4, 0.5) is 28.4 Å². The van der Waals surface area contributed by atoms with Crippen molar-refractivity contribution in [3.8, 4) is 17.8 Å². The molecule has 0 saturated carbocycles. The second-order valence-corrected chi connectivity index (χ2v) is 16.0. The van der Waals surface area contributed by atoms with E-state index in [1.807, 2.05) is 24.3 Å². The first kappa shape index (κ1) is 32.8. The Hall–Kier alpha value is -6.82. The summed E-state index contributed by atoms with van der Waals surface area (Å²) in [5.74, 6) is 0. The lowest BCUT2D eigenvalue weighted by molar-refractivity contribution is 0.585. The Morgan fingerprint density at radius 1 is 0.582 bits per heavy atom. The van der Waals surface area contributed by atoms with Gasteiger partial charge in [-0.3, -0.25) is 0 Å². The molecular weight excluding hydrogens is 671 g/mol. The van der Waals surface area contributed by atoms with Crippen LogP contribution in [0, 0.1) is 22.7 Å². The highest BCUT2D eigenvalue weighted by Gasteiger charge is 2.45. The van der Waals surface area contributed by atoms with E-state index in [0.29, 0.717) is 11.1 Å². The van der Waals surface area contributed by atoms with E-state index < -0.39 is 0 Å². The molecule has 7 aromatic rings. The van der Waals surface area contributed by atoms with E-state index in [2.05, 4.69) is 176 Å². The van der Waals surface area contributed by atoms with Crippen LogP contribution in [0.1, 0.15) is 61.9 Å². The third-order valence-electron chi connectivity index (χ3n) is 12.3. The molecule has 0 bridgehead atoms. The van der Waals surface area contributed by atoms with Crippen LogP contribution >= 0.6 is 0 Å². The SMILES string of the molecule is CC1(C)C2=c3c(c4cc(N(c5ccccc5)c5ccc(C#N)cc5)cc5c4n3-c3c1cccc3C5(C)C)=CC(N(c1ccccc1)c1ccc(C#N)cc1)C2. The second kappa shape index (κ2) is 11.8. The number of para-hydroxylation sites is 3. The predicted octanol–water partition coefficient (Wildman–Crippen LogP) is 10.3. The molecule has 1 unspecified atom stereocenters. The van der Waals surface area contributed by atoms with Crippen LogP contribution in [-0.2, 0) is 10.8 Å². The summed E-state index contributed by atoms with van der Waals surface area (Å²) >= 11 is 0. The lowest BCUT2D eigenvalue weighted by atomic mass is 9.67. The highest BCUT2D eigenvalue weighted by molar-refractivity contribution is 5.98. The zero-order chi connectivity index (χ0) is 37.6. The van der Waals surface area contributed by atoms with Crippen molar-refractivity contribution in [2.75, 3.05) is 9.80 Å². The Morgan fingerprint density at radius 2 is 1.13 bits per heavy atom. The van der Waals surface area contributed by atoms with Crippen molar-refractivity contribution in [1.82, 2.24) is 4.57 Å². The highest BCUT2D eigenvalue weighted by atomic mass is 15.2. The van der Waals surface area contributed by atoms with Gasteiger partial charge in [0.05, 0.1) is 45.9 Å². The molecule has 0 fully saturated rings. The van der Waals surface area contributed by atoms with Crippen molar-refractivity contribution in [3.05, 3.63) is 178 Å². The first-order valence-corrected chi connectivity index (χ1v) is 19.0. The monoisotopic (exact) mass is 709 g/mol. The summed E-state index contributed by atoms with van der Waals surface area (Å²) in [7, 11) is 0. The van der Waals surface area contributed by atoms with E-state index in [9.17, 15) is 10.5 Å². The molecule has 0 N–H and O–H groups in total. The quantitative estimate of drug-likeness (QED) is 0.173. The molecule has 55 heavy (non-hydrogen) atoms. The fourth-order valence-corrected chi connectivity index (χ4v) is 9.62. The molecule has 1 atom stereocenters. The number of benzene rings is 6. The van der Waals surface area contributed by atoms with Gasteiger partial charge < -0.3 is 14.4 Å². The molecule has 1 aliphatic carbocycles. The molecule has 3 heterocycles. The first-order chi connectivity index (χ1) is 26.7. The van der Waals surface area contributed by atoms with Gasteiger partial charge in [0.15, 0.2) is 0 Å². The standard InChI is InChI=1S/C50H39N5/c1-49(2)42-16-11-17-43-48(42)55-46-40(26-38(28-44(46)49)53(34-12-7-5-8-13-34)36-22-18-32(30-51)19-23-36)41-27-39(29-45(47(41)55)50(43,3)4)54(35-14-9-6-10-15-35)37-24-20-33(31-52)21-25-37/h5-28,39H,29H2,1-4H3. The fourth-order valence-electron chi connectivity index (χ4n) is 9.62. The summed E-state index contributed by atoms with van der Waals surface area (Å²) < 4.78 is 2.61. The minimum Gasteiger partial charge on any atom is -0.334 e. The smallest absolute Gasteiger partial charge is 0.0991 e. The Morgan fingerprint density at radius 3 is 1.75 bits per heavy atom. The van der Waals surface area contributed by atoms with Gasteiger partial charge in [0.1, 0.15) is 0 Å². The van der Waals surface area contributed by atoms with E-state index in [4.69, 9.17) is 0 Å². The first-order valence-electron chi connectivity index (χ1n) is 19.0. The van der Waals surface area contributed by atoms with Crippen molar-refractivity contribution in [2.24, 2.45) is 0 Å². The Balaban J connectivity index is 1.32. The Bertz CT molecular complexity index is 2900. The minimum atomic E-state index is -0.283. The molecule has 0 amide bonds. The molecule has 5 nitrogen and oxygen atoms in total. The number of rotatable bonds is 6. The van der Waals surface area contributed by atoms with Crippen molar-refractivity contribution in [1.29, 1.82) is 10.5 Å². The maximum Gasteiger partial charge on any atom is 0.0991 e. The van der Waals surface area contributed by atoms with Crippen LogP contribution in [-0.4, -0.2) is 10.6 Å². The van der Waals surface area contributed by atoms with Crippen LogP contribution < -0.4 is 20.4 Å². The average Bonchev–Trinajstić information content (AvgIpc) is 3.55. The van der Waals surface area contributed by atoms with Crippen molar-refractivity contribution in [3.63, 3.8) is 0 Å². The van der Waals surface area contributed by atoms with Gasteiger partial charge in [-0.25, -0.2) is 0 Å². The van der Waals surface area contributed by atoms with Gasteiger partial charge in [0, 0.05) is 49.9 Å². The molecule has 0 saturated heterocycles. The Labute approximate surface area is 321 Å². The van der Waals surface area contributed by atoms with Crippen LogP contribution in [0.5, 0.6) is 0 Å². The molecular formula is C50H39N5. The van der Waals surface area contributed by atoms with Gasteiger partial charge in [0.25, 0.3) is 0 Å². The maximum absolute atomic E-state index is 9.66. The maximum atomic E-state index is 9.66. The van der Waals surface area contributed by atoms with E-state index in [1.165, 1.54) is 49.4 Å². The molecule has 2 aliphatic heterocycles. The number of nitriles is 2. The normalized spacial score (nSPS) is 16.5. The number of anilines is 5. The van der Waals surface area contributed by atoms with E-state index in [1.54, 1.807) is 0 Å². The van der Waals surface area contributed by atoms with Gasteiger partial charge in [-0.2, -0.15) is 10.5 Å². The van der Waals surface area contributed by atoms with Gasteiger partial charge in [0.2, 0.25) is 0 Å². The summed E-state index contributed by atoms with van der Waals surface area (Å²) in [4.78, 5) is 4.77. The molecule has 0 spiro atoms. The average molecular weight is 710 g/mol. The zero-order valence-electron chi connectivity index (χ0n) is 31.4. The summed E-state index contributed by atoms with van der Waals surface area (Å²) in [5, 5.41) is 23.1. The number of aromatic nitrogens is 1. The summed E-state index contributed by atoms with van der Waals surface area (Å²) in [5.41, 5.74) is 14.1. The summed E-state index contributed by atoms with van der Waals surface area (Å²) in [6.45, 7) is 9.59. The largest absolute Gasteiger partial charge is 0.334 e. The van der Waals surface area contributed by atoms with E-state index >= 15 is 0 Å². The number of fused-ring (bicyclic) bond motifs is 1. The third kappa shape index (κ3) is 4.70. The fraction of sp³-hybridized carbons (Fsp3) is 0.160. The number of hydrogen-bond donors (Lipinski definition) is 0. The van der Waals surface area contributed by atoms with Crippen LogP contribution in [0.3, 0.4) is 0 Å². The number of hydrogen-bond acceptors (Lipinski definition) is 4. The molecule has 10 rings (SSSR count). The van der Waals surface area contributed by atoms with Gasteiger partial charge in [-0.15, -0.1) is 0 Å². The molecule has 264 valence electrons. The van der Waals surface area contributed by atoms with Gasteiger partial charge >= 0.3 is 0 Å². The summed E-state index contributed by atoms with van der Waals surface area (Å²) in [6, 6.07) is 53.4. The van der Waals surface area contributed by atoms with Gasteiger partial charge in [-0.1, -0.05) is 88.4 Å². The Kier molecular flexibility index (Phi) is 7.06. The van der Waals surface area contributed by atoms with E-state index in [0.717, 1.165) is 34.9 Å². The number of nitrogens with zero attached hydrogens (tertiary/aromatic N) is 5. The minimum absolute atomic E-state index is 0.00511. The highest BCUT2D eigenvalue weighted by Crippen LogP contribution is 2.52. The van der Waals surface area contributed by atoms with Crippen molar-refractivity contribution in [2.45, 2.75) is 51.0 Å². The van der Waals surface area contributed by atoms with Crippen LogP contribution in [0.25, 0.3) is 28.2 Å². The molecule has 1 aromatic heterocycles. The second-order valence-electron chi connectivity index (χ2n) is 16.0.